The lowest BCUT2D eigenvalue weighted by atomic mass is 9.95. The molecule has 1 amide bonds. The van der Waals surface area contributed by atoms with Crippen molar-refractivity contribution in [1.82, 2.24) is 4.90 Å². The second-order valence-corrected chi connectivity index (χ2v) is 7.35. The lowest BCUT2D eigenvalue weighted by Gasteiger charge is -2.36. The van der Waals surface area contributed by atoms with Crippen LogP contribution in [0.5, 0.6) is 0 Å². The summed E-state index contributed by atoms with van der Waals surface area (Å²) in [4.78, 5) is 26.6. The molecule has 2 aromatic rings. The van der Waals surface area contributed by atoms with E-state index in [1.165, 1.54) is 0 Å². The number of carbonyl (C=O) groups is 2. The first-order valence-corrected chi connectivity index (χ1v) is 9.76. The Balaban J connectivity index is 1.72. The molecule has 3 rings (SSSR count). The average molecular weight is 381 g/mol. The van der Waals surface area contributed by atoms with E-state index in [0.29, 0.717) is 6.54 Å². The number of benzene rings is 2. The summed E-state index contributed by atoms with van der Waals surface area (Å²) in [6.45, 7) is 4.40. The molecule has 0 spiro atoms. The standard InChI is InChI=1S/C23H27NO4/c1-17-13-14-21(28-22(17)25)18(2)24(15-19-9-5-3-6-10-19)23(26)27-16-20-11-7-4-8-12-20/h3-12,17-18,21H,13-16H2,1-2H3/t17?,18-,21+/m1/s1. The number of esters is 1. The van der Waals surface area contributed by atoms with Crippen molar-refractivity contribution in [3.05, 3.63) is 71.8 Å². The molecule has 1 saturated heterocycles. The molecule has 1 aliphatic heterocycles. The van der Waals surface area contributed by atoms with Gasteiger partial charge in [0.1, 0.15) is 12.7 Å². The van der Waals surface area contributed by atoms with Crippen molar-refractivity contribution >= 4 is 12.1 Å². The lowest BCUT2D eigenvalue weighted by Crippen LogP contribution is -2.48. The van der Waals surface area contributed by atoms with Crippen molar-refractivity contribution < 1.29 is 19.1 Å². The summed E-state index contributed by atoms with van der Waals surface area (Å²) >= 11 is 0. The van der Waals surface area contributed by atoms with Gasteiger partial charge >= 0.3 is 12.1 Å². The van der Waals surface area contributed by atoms with Crippen LogP contribution < -0.4 is 0 Å². The third-order valence-corrected chi connectivity index (χ3v) is 5.22. The predicted octanol–water partition coefficient (Wildman–Crippen LogP) is 4.56. The predicted molar refractivity (Wildman–Crippen MR) is 106 cm³/mol. The van der Waals surface area contributed by atoms with Crippen molar-refractivity contribution in [2.24, 2.45) is 5.92 Å². The van der Waals surface area contributed by atoms with Gasteiger partial charge in [-0.25, -0.2) is 4.79 Å². The minimum Gasteiger partial charge on any atom is -0.460 e. The Morgan fingerprint density at radius 2 is 1.68 bits per heavy atom. The summed E-state index contributed by atoms with van der Waals surface area (Å²) in [5.41, 5.74) is 1.93. The van der Waals surface area contributed by atoms with Gasteiger partial charge in [-0.3, -0.25) is 9.69 Å². The van der Waals surface area contributed by atoms with Gasteiger partial charge in [0.25, 0.3) is 0 Å². The highest BCUT2D eigenvalue weighted by molar-refractivity contribution is 5.73. The van der Waals surface area contributed by atoms with E-state index in [4.69, 9.17) is 9.47 Å². The number of rotatable bonds is 6. The Bertz CT molecular complexity index is 778. The van der Waals surface area contributed by atoms with Gasteiger partial charge in [-0.05, 0) is 30.9 Å². The molecule has 1 unspecified atom stereocenters. The van der Waals surface area contributed by atoms with Crippen LogP contribution in [0.15, 0.2) is 60.7 Å². The highest BCUT2D eigenvalue weighted by Crippen LogP contribution is 2.25. The van der Waals surface area contributed by atoms with Crippen LogP contribution in [0, 0.1) is 5.92 Å². The van der Waals surface area contributed by atoms with Gasteiger partial charge in [0.15, 0.2) is 0 Å². The van der Waals surface area contributed by atoms with E-state index in [1.807, 2.05) is 74.5 Å². The molecule has 2 aromatic carbocycles. The van der Waals surface area contributed by atoms with E-state index in [1.54, 1.807) is 4.90 Å². The number of ether oxygens (including phenoxy) is 2. The maximum absolute atomic E-state index is 12.9. The van der Waals surface area contributed by atoms with Crippen LogP contribution in [0.1, 0.15) is 37.8 Å². The topological polar surface area (TPSA) is 55.8 Å². The second kappa shape index (κ2) is 9.40. The van der Waals surface area contributed by atoms with Gasteiger partial charge in [-0.2, -0.15) is 0 Å². The molecule has 5 heteroatoms. The van der Waals surface area contributed by atoms with E-state index in [9.17, 15) is 9.59 Å². The zero-order chi connectivity index (χ0) is 19.9. The quantitative estimate of drug-likeness (QED) is 0.689. The molecule has 0 saturated carbocycles. The first kappa shape index (κ1) is 19.9. The van der Waals surface area contributed by atoms with Gasteiger partial charge in [0, 0.05) is 6.54 Å². The van der Waals surface area contributed by atoms with Crippen molar-refractivity contribution in [3.63, 3.8) is 0 Å². The maximum Gasteiger partial charge on any atom is 0.410 e. The summed E-state index contributed by atoms with van der Waals surface area (Å²) in [5, 5.41) is 0. The molecular formula is C23H27NO4. The molecule has 0 aliphatic carbocycles. The molecule has 148 valence electrons. The zero-order valence-electron chi connectivity index (χ0n) is 16.4. The van der Waals surface area contributed by atoms with E-state index >= 15 is 0 Å². The molecule has 0 aromatic heterocycles. The van der Waals surface area contributed by atoms with Gasteiger partial charge in [0.2, 0.25) is 0 Å². The van der Waals surface area contributed by atoms with Gasteiger partial charge in [-0.15, -0.1) is 0 Å². The smallest absolute Gasteiger partial charge is 0.410 e. The first-order valence-electron chi connectivity index (χ1n) is 9.76. The second-order valence-electron chi connectivity index (χ2n) is 7.35. The van der Waals surface area contributed by atoms with Crippen molar-refractivity contribution in [2.75, 3.05) is 0 Å². The van der Waals surface area contributed by atoms with Crippen LogP contribution in [-0.2, 0) is 27.4 Å². The molecule has 1 fully saturated rings. The van der Waals surface area contributed by atoms with E-state index in [0.717, 1.165) is 24.0 Å². The fraction of sp³-hybridized carbons (Fsp3) is 0.391. The third-order valence-electron chi connectivity index (χ3n) is 5.22. The summed E-state index contributed by atoms with van der Waals surface area (Å²) < 4.78 is 11.2. The van der Waals surface area contributed by atoms with Crippen LogP contribution in [-0.4, -0.2) is 29.1 Å². The molecule has 0 N–H and O–H groups in total. The Morgan fingerprint density at radius 1 is 1.07 bits per heavy atom. The minimum atomic E-state index is -0.408. The molecule has 5 nitrogen and oxygen atoms in total. The molecule has 0 radical (unpaired) electrons. The van der Waals surface area contributed by atoms with E-state index in [-0.39, 0.29) is 30.6 Å². The average Bonchev–Trinajstić information content (AvgIpc) is 2.73. The van der Waals surface area contributed by atoms with Gasteiger partial charge in [-0.1, -0.05) is 67.6 Å². The largest absolute Gasteiger partial charge is 0.460 e. The number of cyclic esters (lactones) is 1. The molecule has 1 aliphatic rings. The Hall–Kier alpha value is -2.82. The number of hydrogen-bond acceptors (Lipinski definition) is 4. The highest BCUT2D eigenvalue weighted by atomic mass is 16.6. The van der Waals surface area contributed by atoms with Crippen LogP contribution in [0.4, 0.5) is 4.79 Å². The van der Waals surface area contributed by atoms with Gasteiger partial charge in [0.05, 0.1) is 12.0 Å². The van der Waals surface area contributed by atoms with Gasteiger partial charge < -0.3 is 9.47 Å². The number of amides is 1. The van der Waals surface area contributed by atoms with Crippen LogP contribution in [0.3, 0.4) is 0 Å². The number of nitrogens with zero attached hydrogens (tertiary/aromatic N) is 1. The molecule has 0 bridgehead atoms. The lowest BCUT2D eigenvalue weighted by molar-refractivity contribution is -0.163. The monoisotopic (exact) mass is 381 g/mol. The van der Waals surface area contributed by atoms with Crippen LogP contribution in [0.25, 0.3) is 0 Å². The summed E-state index contributed by atoms with van der Waals surface area (Å²) in [6.07, 6.45) is 0.781. The molecule has 3 atom stereocenters. The summed E-state index contributed by atoms with van der Waals surface area (Å²) in [6, 6.07) is 19.1. The first-order chi connectivity index (χ1) is 13.5. The fourth-order valence-electron chi connectivity index (χ4n) is 3.35. The zero-order valence-corrected chi connectivity index (χ0v) is 16.4. The fourth-order valence-corrected chi connectivity index (χ4v) is 3.35. The number of carbonyl (C=O) groups excluding carboxylic acids is 2. The highest BCUT2D eigenvalue weighted by Gasteiger charge is 2.35. The molecular weight excluding hydrogens is 354 g/mol. The van der Waals surface area contributed by atoms with Crippen molar-refractivity contribution in [3.8, 4) is 0 Å². The van der Waals surface area contributed by atoms with E-state index < -0.39 is 6.09 Å². The van der Waals surface area contributed by atoms with Crippen LogP contribution in [0.2, 0.25) is 0 Å². The third kappa shape index (κ3) is 5.12. The summed E-state index contributed by atoms with van der Waals surface area (Å²) in [7, 11) is 0. The number of hydrogen-bond donors (Lipinski definition) is 0. The Labute approximate surface area is 166 Å². The van der Waals surface area contributed by atoms with E-state index in [2.05, 4.69) is 0 Å². The Kier molecular flexibility index (Phi) is 6.69. The molecule has 28 heavy (non-hydrogen) atoms. The minimum absolute atomic E-state index is 0.0870. The molecule has 1 heterocycles. The normalized spacial score (nSPS) is 20.1. The Morgan fingerprint density at radius 3 is 2.29 bits per heavy atom. The van der Waals surface area contributed by atoms with Crippen molar-refractivity contribution in [2.45, 2.75) is 52.0 Å². The SMILES string of the molecule is CC1CC[C@@H]([C@@H](C)N(Cc2ccccc2)C(=O)OCc2ccccc2)OC1=O. The van der Waals surface area contributed by atoms with Crippen molar-refractivity contribution in [1.29, 1.82) is 0 Å². The maximum atomic E-state index is 12.9. The summed E-state index contributed by atoms with van der Waals surface area (Å²) in [5.74, 6) is -0.281. The van der Waals surface area contributed by atoms with Crippen LogP contribution >= 0.6 is 0 Å².